The molecule has 4 atom stereocenters. The minimum atomic E-state index is -1.36. The summed E-state index contributed by atoms with van der Waals surface area (Å²) in [5.74, 6) is 0.00921. The summed E-state index contributed by atoms with van der Waals surface area (Å²) in [6.45, 7) is 5.64. The van der Waals surface area contributed by atoms with Gasteiger partial charge in [0.05, 0.1) is 0 Å². The average Bonchev–Trinajstić information content (AvgIpc) is 2.70. The molecule has 0 radical (unpaired) electrons. The van der Waals surface area contributed by atoms with E-state index in [-0.39, 0.29) is 22.9 Å². The van der Waals surface area contributed by atoms with Gasteiger partial charge in [0.1, 0.15) is 0 Å². The van der Waals surface area contributed by atoms with Crippen molar-refractivity contribution in [2.45, 2.75) is 35.7 Å². The molecule has 0 spiro atoms. The van der Waals surface area contributed by atoms with Crippen molar-refractivity contribution in [2.75, 3.05) is 13.2 Å². The first-order chi connectivity index (χ1) is 10.5. The summed E-state index contributed by atoms with van der Waals surface area (Å²) in [5, 5.41) is 0. The Morgan fingerprint density at radius 1 is 1.41 bits per heavy atom. The molecule has 22 heavy (non-hydrogen) atoms. The molecule has 0 unspecified atom stereocenters. The Morgan fingerprint density at radius 3 is 2.82 bits per heavy atom. The number of rotatable bonds is 4. The van der Waals surface area contributed by atoms with Crippen LogP contribution in [0.2, 0.25) is 3.43 Å². The summed E-state index contributed by atoms with van der Waals surface area (Å²) < 4.78 is 12.4. The monoisotopic (exact) mass is 510 g/mol. The third-order valence-corrected chi connectivity index (χ3v) is 15.7. The van der Waals surface area contributed by atoms with Crippen LogP contribution in [0.3, 0.4) is 0 Å². The van der Waals surface area contributed by atoms with Crippen molar-refractivity contribution in [1.29, 1.82) is 0 Å². The molecule has 3 nitrogen and oxygen atoms in total. The van der Waals surface area contributed by atoms with Gasteiger partial charge in [-0.3, -0.25) is 0 Å². The van der Waals surface area contributed by atoms with Gasteiger partial charge in [-0.1, -0.05) is 0 Å². The van der Waals surface area contributed by atoms with E-state index in [2.05, 4.69) is 13.8 Å². The Bertz CT molecular complexity index is 552. The number of hydrogen-bond donors (Lipinski definition) is 0. The molecule has 0 N–H and O–H groups in total. The quantitative estimate of drug-likeness (QED) is 0.454. The molecule has 1 aliphatic carbocycles. The van der Waals surface area contributed by atoms with Crippen molar-refractivity contribution >= 4 is 14.2 Å². The second-order valence-corrected chi connectivity index (χ2v) is 14.8. The van der Waals surface area contributed by atoms with Crippen LogP contribution in [0.1, 0.15) is 37.0 Å². The first-order valence-corrected chi connectivity index (χ1v) is 17.9. The van der Waals surface area contributed by atoms with E-state index < -0.39 is 23.3 Å². The van der Waals surface area contributed by atoms with Crippen LogP contribution in [-0.4, -0.2) is 24.8 Å². The molecule has 1 saturated heterocycles. The number of benzene rings is 1. The summed E-state index contributed by atoms with van der Waals surface area (Å²) in [7, 11) is 6.39. The molecular weight excluding hydrogens is 488 g/mol. The summed E-state index contributed by atoms with van der Waals surface area (Å²) in [5.41, 5.74) is 0.533. The van der Waals surface area contributed by atoms with Crippen LogP contribution in [0.4, 0.5) is 0 Å². The van der Waals surface area contributed by atoms with Crippen molar-refractivity contribution in [3.63, 3.8) is 0 Å². The van der Waals surface area contributed by atoms with Crippen LogP contribution in [0, 0.1) is 11.3 Å². The third kappa shape index (κ3) is 2.85. The van der Waals surface area contributed by atoms with E-state index in [1.807, 2.05) is 18.2 Å². The second-order valence-electron chi connectivity index (χ2n) is 7.01. The molecule has 2 bridgehead atoms. The summed E-state index contributed by atoms with van der Waals surface area (Å²) >= 11 is -1.36. The number of esters is 1. The minimum absolute atomic E-state index is 0.0905. The predicted octanol–water partition coefficient (Wildman–Crippen LogP) is 4.07. The normalized spacial score (nSPS) is 36.7. The third-order valence-electron chi connectivity index (χ3n) is 5.74. The topological polar surface area (TPSA) is 35.5 Å². The van der Waals surface area contributed by atoms with Gasteiger partial charge < -0.3 is 0 Å². The molecule has 2 fully saturated rings. The van der Waals surface area contributed by atoms with Crippen LogP contribution >= 0.6 is 8.25 Å². The van der Waals surface area contributed by atoms with Crippen molar-refractivity contribution in [1.82, 2.24) is 0 Å². The van der Waals surface area contributed by atoms with Crippen LogP contribution in [0.15, 0.2) is 30.3 Å². The predicted molar refractivity (Wildman–Crippen MR) is 81.5 cm³/mol. The molecule has 2 aliphatic rings. The van der Waals surface area contributed by atoms with E-state index >= 15 is 0 Å². The molecule has 1 aromatic rings. The fourth-order valence-electron chi connectivity index (χ4n) is 4.10. The van der Waals surface area contributed by atoms with E-state index in [0.29, 0.717) is 15.6 Å². The van der Waals surface area contributed by atoms with E-state index in [9.17, 15) is 4.79 Å². The first kappa shape index (κ1) is 16.7. The van der Waals surface area contributed by atoms with Crippen LogP contribution in [0.25, 0.3) is 0 Å². The number of hydrogen-bond acceptors (Lipinski definition) is 3. The summed E-state index contributed by atoms with van der Waals surface area (Å²) in [6.07, 6.45) is 2.22. The average molecular weight is 509 g/mol. The van der Waals surface area contributed by atoms with Gasteiger partial charge in [-0.15, -0.1) is 0 Å². The molecule has 3 rings (SSSR count). The second kappa shape index (κ2) is 6.41. The molecule has 0 amide bonds. The number of fused-ring (bicyclic) bond motifs is 2. The molecule has 1 saturated carbocycles. The summed E-state index contributed by atoms with van der Waals surface area (Å²) in [6, 6.07) is 9.18. The summed E-state index contributed by atoms with van der Waals surface area (Å²) in [4.78, 5) is 12.2. The van der Waals surface area contributed by atoms with Crippen molar-refractivity contribution in [3.05, 3.63) is 35.9 Å². The standard InChI is InChI=1S/C17H21O3.ClH.Hg/c1-16-9-6-10-17(2,20-12-16)14(16)11-19-15(18)13-7-4-3-5-8-13;;/h3-5,7-9,14H,6,10-12H2,1-2H3;1H;/q;;+1/p-1/t14-,16+,17+;;/m1../s1. The van der Waals surface area contributed by atoms with Crippen molar-refractivity contribution in [2.24, 2.45) is 11.3 Å². The Morgan fingerprint density at radius 2 is 2.14 bits per heavy atom. The Balaban J connectivity index is 1.72. The number of carbonyl (C=O) groups excluding carboxylic acids is 1. The van der Waals surface area contributed by atoms with Crippen LogP contribution in [-0.2, 0) is 32.8 Å². The van der Waals surface area contributed by atoms with Crippen LogP contribution in [0.5, 0.6) is 0 Å². The first-order valence-electron chi connectivity index (χ1n) is 7.92. The van der Waals surface area contributed by atoms with Crippen molar-refractivity contribution < 1.29 is 37.6 Å². The van der Waals surface area contributed by atoms with Crippen LogP contribution < -0.4 is 0 Å². The fourth-order valence-corrected chi connectivity index (χ4v) is 12.9. The molecule has 1 heterocycles. The zero-order valence-corrected chi connectivity index (χ0v) is 19.4. The van der Waals surface area contributed by atoms with E-state index in [1.165, 1.54) is 6.42 Å². The zero-order valence-electron chi connectivity index (χ0n) is 13.2. The van der Waals surface area contributed by atoms with E-state index in [1.54, 1.807) is 12.1 Å². The van der Waals surface area contributed by atoms with Crippen molar-refractivity contribution in [3.8, 4) is 0 Å². The SMILES string of the molecule is C[C@@]12CO[C@@](C)(CC[C@H]1[Hg][Cl])[C@@H]2COC(=O)c1ccccc1. The fraction of sp³-hybridized carbons (Fsp3) is 0.588. The maximum absolute atomic E-state index is 12.2. The number of carbonyl (C=O) groups is 1. The molecular formula is C17H21ClHgO3. The Labute approximate surface area is 147 Å². The van der Waals surface area contributed by atoms with Gasteiger partial charge in [0.15, 0.2) is 0 Å². The van der Waals surface area contributed by atoms with E-state index in [0.717, 1.165) is 13.0 Å². The van der Waals surface area contributed by atoms with Gasteiger partial charge in [-0.2, -0.15) is 0 Å². The zero-order chi connectivity index (χ0) is 15.8. The molecule has 116 valence electrons. The van der Waals surface area contributed by atoms with Gasteiger partial charge in [0.2, 0.25) is 0 Å². The number of ether oxygens (including phenoxy) is 2. The Hall–Kier alpha value is -0.125. The van der Waals surface area contributed by atoms with Gasteiger partial charge >= 0.3 is 148 Å². The molecule has 5 heteroatoms. The van der Waals surface area contributed by atoms with Gasteiger partial charge in [0, 0.05) is 0 Å². The maximum atomic E-state index is 12.2. The molecule has 0 aromatic heterocycles. The molecule has 1 aliphatic heterocycles. The van der Waals surface area contributed by atoms with Gasteiger partial charge in [0.25, 0.3) is 0 Å². The van der Waals surface area contributed by atoms with Gasteiger partial charge in [-0.25, -0.2) is 0 Å². The van der Waals surface area contributed by atoms with E-state index in [4.69, 9.17) is 17.7 Å². The number of halogens is 1. The van der Waals surface area contributed by atoms with Gasteiger partial charge in [-0.05, 0) is 0 Å². The molecule has 1 aromatic carbocycles. The Kier molecular flexibility index (Phi) is 4.87.